The zero-order valence-electron chi connectivity index (χ0n) is 11.7. The van der Waals surface area contributed by atoms with Crippen molar-refractivity contribution < 1.29 is 13.6 Å². The van der Waals surface area contributed by atoms with Crippen molar-refractivity contribution in [3.8, 4) is 0 Å². The van der Waals surface area contributed by atoms with Crippen molar-refractivity contribution in [2.45, 2.75) is 32.2 Å². The van der Waals surface area contributed by atoms with Crippen LogP contribution in [0.5, 0.6) is 0 Å². The first kappa shape index (κ1) is 14.9. The SMILES string of the molecule is CCCNC(CN1CCCC1=O)c1cccc(F)c1F. The van der Waals surface area contributed by atoms with Crippen molar-refractivity contribution >= 4 is 5.91 Å². The van der Waals surface area contributed by atoms with Crippen LogP contribution in [0.25, 0.3) is 0 Å². The van der Waals surface area contributed by atoms with Gasteiger partial charge in [0.25, 0.3) is 0 Å². The molecule has 0 aliphatic carbocycles. The topological polar surface area (TPSA) is 32.3 Å². The molecule has 1 saturated heterocycles. The number of nitrogens with zero attached hydrogens (tertiary/aromatic N) is 1. The fraction of sp³-hybridized carbons (Fsp3) is 0.533. The molecule has 1 amide bonds. The highest BCUT2D eigenvalue weighted by atomic mass is 19.2. The number of hydrogen-bond donors (Lipinski definition) is 1. The lowest BCUT2D eigenvalue weighted by atomic mass is 10.0. The number of carbonyl (C=O) groups excluding carboxylic acids is 1. The molecule has 2 rings (SSSR count). The van der Waals surface area contributed by atoms with Crippen molar-refractivity contribution in [3.05, 3.63) is 35.4 Å². The van der Waals surface area contributed by atoms with Gasteiger partial charge in [0.2, 0.25) is 5.91 Å². The third-order valence-corrected chi connectivity index (χ3v) is 3.57. The van der Waals surface area contributed by atoms with Gasteiger partial charge < -0.3 is 10.2 Å². The summed E-state index contributed by atoms with van der Waals surface area (Å²) in [6, 6.07) is 3.82. The van der Waals surface area contributed by atoms with Gasteiger partial charge in [-0.3, -0.25) is 4.79 Å². The molecule has 1 aliphatic rings. The van der Waals surface area contributed by atoms with E-state index in [1.165, 1.54) is 6.07 Å². The summed E-state index contributed by atoms with van der Waals surface area (Å²) in [6.45, 7) is 3.79. The summed E-state index contributed by atoms with van der Waals surface area (Å²) in [4.78, 5) is 13.4. The van der Waals surface area contributed by atoms with Crippen LogP contribution in [0.3, 0.4) is 0 Å². The number of benzene rings is 1. The molecular weight excluding hydrogens is 262 g/mol. The highest BCUT2D eigenvalue weighted by Gasteiger charge is 2.26. The summed E-state index contributed by atoms with van der Waals surface area (Å²) in [7, 11) is 0. The number of amides is 1. The standard InChI is InChI=1S/C15H20F2N2O/c1-2-8-18-13(10-19-9-4-7-14(19)20)11-5-3-6-12(16)15(11)17/h3,5-6,13,18H,2,4,7-10H2,1H3. The normalized spacial score (nSPS) is 16.8. The Labute approximate surface area is 118 Å². The number of halogens is 2. The van der Waals surface area contributed by atoms with Crippen molar-refractivity contribution in [2.75, 3.05) is 19.6 Å². The van der Waals surface area contributed by atoms with Crippen LogP contribution in [0, 0.1) is 11.6 Å². The van der Waals surface area contributed by atoms with Crippen LogP contribution in [0.4, 0.5) is 8.78 Å². The minimum absolute atomic E-state index is 0.0881. The van der Waals surface area contributed by atoms with Crippen LogP contribution in [0.15, 0.2) is 18.2 Å². The summed E-state index contributed by atoms with van der Waals surface area (Å²) < 4.78 is 27.3. The minimum atomic E-state index is -0.849. The summed E-state index contributed by atoms with van der Waals surface area (Å²) in [6.07, 6.45) is 2.28. The molecule has 0 bridgehead atoms. The molecule has 1 heterocycles. The number of nitrogens with one attached hydrogen (secondary N) is 1. The Kier molecular flexibility index (Phi) is 5.06. The van der Waals surface area contributed by atoms with Gasteiger partial charge in [-0.2, -0.15) is 0 Å². The van der Waals surface area contributed by atoms with Gasteiger partial charge >= 0.3 is 0 Å². The lowest BCUT2D eigenvalue weighted by Crippen LogP contribution is -2.36. The Hall–Kier alpha value is -1.49. The van der Waals surface area contributed by atoms with E-state index < -0.39 is 11.6 Å². The molecule has 1 N–H and O–H groups in total. The average molecular weight is 282 g/mol. The van der Waals surface area contributed by atoms with Crippen molar-refractivity contribution in [3.63, 3.8) is 0 Å². The Bertz CT molecular complexity index is 479. The first-order valence-electron chi connectivity index (χ1n) is 7.08. The third-order valence-electron chi connectivity index (χ3n) is 3.57. The number of carbonyl (C=O) groups is 1. The molecule has 3 nitrogen and oxygen atoms in total. The average Bonchev–Trinajstić information content (AvgIpc) is 2.83. The third kappa shape index (κ3) is 3.33. The minimum Gasteiger partial charge on any atom is -0.341 e. The smallest absolute Gasteiger partial charge is 0.222 e. The summed E-state index contributed by atoms with van der Waals surface area (Å²) >= 11 is 0. The van der Waals surface area contributed by atoms with Crippen LogP contribution >= 0.6 is 0 Å². The van der Waals surface area contributed by atoms with Gasteiger partial charge in [-0.1, -0.05) is 19.1 Å². The summed E-state index contributed by atoms with van der Waals surface area (Å²) in [5.41, 5.74) is 0.290. The lowest BCUT2D eigenvalue weighted by molar-refractivity contribution is -0.128. The largest absolute Gasteiger partial charge is 0.341 e. The lowest BCUT2D eigenvalue weighted by Gasteiger charge is -2.25. The molecule has 1 aliphatic heterocycles. The van der Waals surface area contributed by atoms with E-state index in [4.69, 9.17) is 0 Å². The van der Waals surface area contributed by atoms with E-state index in [2.05, 4.69) is 5.32 Å². The number of hydrogen-bond acceptors (Lipinski definition) is 2. The summed E-state index contributed by atoms with van der Waals surface area (Å²) in [5, 5.41) is 3.20. The summed E-state index contributed by atoms with van der Waals surface area (Å²) in [5.74, 6) is -1.59. The van der Waals surface area contributed by atoms with Gasteiger partial charge in [0, 0.05) is 25.1 Å². The fourth-order valence-corrected chi connectivity index (χ4v) is 2.50. The molecule has 1 aromatic carbocycles. The molecule has 0 spiro atoms. The second-order valence-corrected chi connectivity index (χ2v) is 5.09. The molecule has 0 saturated carbocycles. The van der Waals surface area contributed by atoms with Crippen LogP contribution < -0.4 is 5.32 Å². The van der Waals surface area contributed by atoms with Crippen molar-refractivity contribution in [2.24, 2.45) is 0 Å². The Morgan fingerprint density at radius 3 is 2.85 bits per heavy atom. The molecule has 1 fully saturated rings. The molecule has 0 radical (unpaired) electrons. The number of rotatable bonds is 6. The van der Waals surface area contributed by atoms with E-state index in [-0.39, 0.29) is 17.5 Å². The highest BCUT2D eigenvalue weighted by molar-refractivity contribution is 5.78. The maximum atomic E-state index is 13.9. The maximum absolute atomic E-state index is 13.9. The molecule has 110 valence electrons. The van der Waals surface area contributed by atoms with Crippen LogP contribution in [0.2, 0.25) is 0 Å². The van der Waals surface area contributed by atoms with Gasteiger partial charge in [0.1, 0.15) is 0 Å². The second kappa shape index (κ2) is 6.79. The molecule has 5 heteroatoms. The first-order chi connectivity index (χ1) is 9.63. The van der Waals surface area contributed by atoms with Crippen LogP contribution in [0.1, 0.15) is 37.8 Å². The van der Waals surface area contributed by atoms with Gasteiger partial charge in [0.15, 0.2) is 11.6 Å². The Morgan fingerprint density at radius 1 is 1.40 bits per heavy atom. The first-order valence-corrected chi connectivity index (χ1v) is 7.08. The predicted octanol–water partition coefficient (Wildman–Crippen LogP) is 2.63. The Balaban J connectivity index is 2.17. The molecule has 20 heavy (non-hydrogen) atoms. The molecule has 1 atom stereocenters. The Morgan fingerprint density at radius 2 is 2.20 bits per heavy atom. The zero-order valence-corrected chi connectivity index (χ0v) is 11.7. The van der Waals surface area contributed by atoms with Crippen molar-refractivity contribution in [1.82, 2.24) is 10.2 Å². The maximum Gasteiger partial charge on any atom is 0.222 e. The predicted molar refractivity (Wildman–Crippen MR) is 73.2 cm³/mol. The van der Waals surface area contributed by atoms with E-state index >= 15 is 0 Å². The van der Waals surface area contributed by atoms with Crippen LogP contribution in [-0.2, 0) is 4.79 Å². The van der Waals surface area contributed by atoms with Gasteiger partial charge in [-0.05, 0) is 25.5 Å². The van der Waals surface area contributed by atoms with E-state index in [9.17, 15) is 13.6 Å². The van der Waals surface area contributed by atoms with E-state index in [0.29, 0.717) is 26.1 Å². The van der Waals surface area contributed by atoms with Crippen molar-refractivity contribution in [1.29, 1.82) is 0 Å². The van der Waals surface area contributed by atoms with E-state index in [1.54, 1.807) is 11.0 Å². The van der Waals surface area contributed by atoms with Crippen LogP contribution in [-0.4, -0.2) is 30.4 Å². The van der Waals surface area contributed by atoms with E-state index in [1.807, 2.05) is 6.92 Å². The van der Waals surface area contributed by atoms with Gasteiger partial charge in [-0.25, -0.2) is 8.78 Å². The zero-order chi connectivity index (χ0) is 14.5. The second-order valence-electron chi connectivity index (χ2n) is 5.09. The molecule has 1 aromatic rings. The van der Waals surface area contributed by atoms with Gasteiger partial charge in [0.05, 0.1) is 6.04 Å². The molecular formula is C15H20F2N2O. The molecule has 0 aromatic heterocycles. The van der Waals surface area contributed by atoms with Gasteiger partial charge in [-0.15, -0.1) is 0 Å². The highest BCUT2D eigenvalue weighted by Crippen LogP contribution is 2.22. The van der Waals surface area contributed by atoms with E-state index in [0.717, 1.165) is 18.9 Å². The number of likely N-dealkylation sites (tertiary alicyclic amines) is 1. The molecule has 1 unspecified atom stereocenters. The fourth-order valence-electron chi connectivity index (χ4n) is 2.50. The monoisotopic (exact) mass is 282 g/mol. The quantitative estimate of drug-likeness (QED) is 0.870.